The lowest BCUT2D eigenvalue weighted by Crippen LogP contribution is -2.30. The third-order valence-corrected chi connectivity index (χ3v) is 3.44. The summed E-state index contributed by atoms with van der Waals surface area (Å²) >= 11 is 5.75. The van der Waals surface area contributed by atoms with E-state index < -0.39 is 23.3 Å². The Morgan fingerprint density at radius 2 is 1.80 bits per heavy atom. The first-order valence-corrected chi connectivity index (χ1v) is 7.01. The predicted molar refractivity (Wildman–Crippen MR) is 83.4 cm³/mol. The van der Waals surface area contributed by atoms with Crippen LogP contribution in [0.15, 0.2) is 36.4 Å². The van der Waals surface area contributed by atoms with E-state index in [1.165, 1.54) is 24.3 Å². The standard InChI is InChI=1S/C16H8ClF3N4O/c17-13-3-2-10(6-11(13)8-22)15(25)24-23-14-4-1-9(7-21)5-12(14)16(18,19)20/h1-6,23H,(H,24,25). The molecule has 2 N–H and O–H groups in total. The first-order valence-electron chi connectivity index (χ1n) is 6.63. The molecule has 2 aromatic rings. The van der Waals surface area contributed by atoms with Crippen LogP contribution in [0, 0.1) is 22.7 Å². The average molecular weight is 365 g/mol. The molecule has 1 amide bonds. The number of nitrogens with one attached hydrogen (secondary N) is 2. The van der Waals surface area contributed by atoms with Crippen LogP contribution >= 0.6 is 11.6 Å². The van der Waals surface area contributed by atoms with Crippen molar-refractivity contribution in [2.75, 3.05) is 5.43 Å². The Morgan fingerprint density at radius 1 is 1.08 bits per heavy atom. The van der Waals surface area contributed by atoms with Crippen molar-refractivity contribution in [3.05, 3.63) is 63.7 Å². The number of halogens is 4. The lowest BCUT2D eigenvalue weighted by molar-refractivity contribution is -0.137. The van der Waals surface area contributed by atoms with E-state index in [1.807, 2.05) is 0 Å². The van der Waals surface area contributed by atoms with E-state index in [0.29, 0.717) is 6.07 Å². The van der Waals surface area contributed by atoms with Gasteiger partial charge < -0.3 is 0 Å². The third kappa shape index (κ3) is 4.19. The summed E-state index contributed by atoms with van der Waals surface area (Å²) in [6, 6.07) is 10.2. The highest BCUT2D eigenvalue weighted by atomic mass is 35.5. The zero-order valence-electron chi connectivity index (χ0n) is 12.3. The summed E-state index contributed by atoms with van der Waals surface area (Å²) in [5.74, 6) is -0.759. The highest BCUT2D eigenvalue weighted by Crippen LogP contribution is 2.35. The molecule has 0 spiro atoms. The molecule has 0 heterocycles. The Labute approximate surface area is 145 Å². The van der Waals surface area contributed by atoms with Crippen LogP contribution in [0.25, 0.3) is 0 Å². The molecule has 2 aromatic carbocycles. The summed E-state index contributed by atoms with van der Waals surface area (Å²) in [6.07, 6.45) is -4.71. The van der Waals surface area contributed by atoms with Crippen LogP contribution in [0.5, 0.6) is 0 Å². The first-order chi connectivity index (χ1) is 11.8. The van der Waals surface area contributed by atoms with Crippen molar-refractivity contribution in [1.82, 2.24) is 5.43 Å². The van der Waals surface area contributed by atoms with E-state index >= 15 is 0 Å². The van der Waals surface area contributed by atoms with Crippen LogP contribution in [0.2, 0.25) is 5.02 Å². The van der Waals surface area contributed by atoms with Gasteiger partial charge in [0.05, 0.1) is 33.5 Å². The van der Waals surface area contributed by atoms with Crippen LogP contribution in [0.3, 0.4) is 0 Å². The highest BCUT2D eigenvalue weighted by Gasteiger charge is 2.34. The van der Waals surface area contributed by atoms with Crippen molar-refractivity contribution in [3.8, 4) is 12.1 Å². The lowest BCUT2D eigenvalue weighted by atomic mass is 10.1. The second kappa shape index (κ2) is 7.12. The molecule has 2 rings (SSSR count). The highest BCUT2D eigenvalue weighted by molar-refractivity contribution is 6.31. The zero-order valence-corrected chi connectivity index (χ0v) is 13.0. The van der Waals surface area contributed by atoms with Gasteiger partial charge in [0.1, 0.15) is 6.07 Å². The fourth-order valence-electron chi connectivity index (χ4n) is 1.91. The van der Waals surface area contributed by atoms with Crippen molar-refractivity contribution in [2.24, 2.45) is 0 Å². The summed E-state index contributed by atoms with van der Waals surface area (Å²) in [4.78, 5) is 12.0. The molecule has 0 atom stereocenters. The summed E-state index contributed by atoms with van der Waals surface area (Å²) in [6.45, 7) is 0. The third-order valence-electron chi connectivity index (χ3n) is 3.11. The van der Waals surface area contributed by atoms with Gasteiger partial charge in [0, 0.05) is 5.56 Å². The Morgan fingerprint density at radius 3 is 2.40 bits per heavy atom. The number of carbonyl (C=O) groups is 1. The van der Waals surface area contributed by atoms with Crippen molar-refractivity contribution in [1.29, 1.82) is 10.5 Å². The number of anilines is 1. The Bertz CT molecular complexity index is 913. The van der Waals surface area contributed by atoms with E-state index in [0.717, 1.165) is 6.07 Å². The number of hydrogen-bond donors (Lipinski definition) is 2. The number of carbonyl (C=O) groups excluding carboxylic acids is 1. The van der Waals surface area contributed by atoms with Gasteiger partial charge in [0.25, 0.3) is 5.91 Å². The van der Waals surface area contributed by atoms with Gasteiger partial charge in [-0.1, -0.05) is 11.6 Å². The topological polar surface area (TPSA) is 88.7 Å². The summed E-state index contributed by atoms with van der Waals surface area (Å²) in [5.41, 5.74) is 2.70. The molecule has 0 aliphatic rings. The summed E-state index contributed by atoms with van der Waals surface area (Å²) in [5, 5.41) is 17.7. The number of nitrogens with zero attached hydrogens (tertiary/aromatic N) is 2. The number of benzene rings is 2. The summed E-state index contributed by atoms with van der Waals surface area (Å²) in [7, 11) is 0. The largest absolute Gasteiger partial charge is 0.418 e. The lowest BCUT2D eigenvalue weighted by Gasteiger charge is -2.15. The van der Waals surface area contributed by atoms with E-state index in [9.17, 15) is 18.0 Å². The van der Waals surface area contributed by atoms with Crippen molar-refractivity contribution < 1.29 is 18.0 Å². The molecule has 0 bridgehead atoms. The second-order valence-corrected chi connectivity index (χ2v) is 5.16. The predicted octanol–water partition coefficient (Wildman–Crippen LogP) is 3.86. The van der Waals surface area contributed by atoms with Gasteiger partial charge in [0.2, 0.25) is 0 Å². The van der Waals surface area contributed by atoms with Gasteiger partial charge in [-0.15, -0.1) is 0 Å². The van der Waals surface area contributed by atoms with Crippen LogP contribution in [0.1, 0.15) is 27.0 Å². The molecule has 126 valence electrons. The van der Waals surface area contributed by atoms with E-state index in [4.69, 9.17) is 22.1 Å². The fourth-order valence-corrected chi connectivity index (χ4v) is 2.07. The Hall–Kier alpha value is -3.23. The normalized spacial score (nSPS) is 10.5. The minimum atomic E-state index is -4.71. The number of amides is 1. The number of hydrogen-bond acceptors (Lipinski definition) is 4. The van der Waals surface area contributed by atoms with Gasteiger partial charge in [0.15, 0.2) is 0 Å². The van der Waals surface area contributed by atoms with E-state index in [-0.39, 0.29) is 21.7 Å². The average Bonchev–Trinajstić information content (AvgIpc) is 2.59. The molecule has 0 aliphatic heterocycles. The van der Waals surface area contributed by atoms with Gasteiger partial charge >= 0.3 is 6.18 Å². The zero-order chi connectivity index (χ0) is 18.6. The number of hydrazine groups is 1. The van der Waals surface area contributed by atoms with Crippen LogP contribution < -0.4 is 10.9 Å². The molecule has 0 saturated heterocycles. The minimum absolute atomic E-state index is 0.0376. The quantitative estimate of drug-likeness (QED) is 0.809. The van der Waals surface area contributed by atoms with E-state index in [2.05, 4.69) is 10.9 Å². The van der Waals surface area contributed by atoms with Crippen molar-refractivity contribution >= 4 is 23.2 Å². The molecule has 9 heteroatoms. The Balaban J connectivity index is 2.23. The molecular weight excluding hydrogens is 357 g/mol. The van der Waals surface area contributed by atoms with E-state index in [1.54, 1.807) is 12.1 Å². The van der Waals surface area contributed by atoms with Gasteiger partial charge in [-0.3, -0.25) is 15.6 Å². The smallest absolute Gasteiger partial charge is 0.298 e. The SMILES string of the molecule is N#Cc1ccc(NNC(=O)c2ccc(Cl)c(C#N)c2)c(C(F)(F)F)c1. The molecule has 0 radical (unpaired) electrons. The van der Waals surface area contributed by atoms with Gasteiger partial charge in [-0.2, -0.15) is 23.7 Å². The molecule has 0 fully saturated rings. The second-order valence-electron chi connectivity index (χ2n) is 4.76. The molecule has 25 heavy (non-hydrogen) atoms. The minimum Gasteiger partial charge on any atom is -0.298 e. The maximum absolute atomic E-state index is 13.0. The van der Waals surface area contributed by atoms with Crippen molar-refractivity contribution in [3.63, 3.8) is 0 Å². The number of nitriles is 2. The molecule has 0 aromatic heterocycles. The van der Waals surface area contributed by atoms with Crippen LogP contribution in [-0.2, 0) is 6.18 Å². The molecule has 0 aliphatic carbocycles. The molecular formula is C16H8ClF3N4O. The maximum Gasteiger partial charge on any atom is 0.418 e. The van der Waals surface area contributed by atoms with Gasteiger partial charge in [-0.05, 0) is 36.4 Å². The molecule has 5 nitrogen and oxygen atoms in total. The first kappa shape index (κ1) is 18.1. The van der Waals surface area contributed by atoms with Crippen LogP contribution in [0.4, 0.5) is 18.9 Å². The fraction of sp³-hybridized carbons (Fsp3) is 0.0625. The van der Waals surface area contributed by atoms with Crippen molar-refractivity contribution in [2.45, 2.75) is 6.18 Å². The summed E-state index contributed by atoms with van der Waals surface area (Å²) < 4.78 is 39.1. The van der Waals surface area contributed by atoms with Gasteiger partial charge in [-0.25, -0.2) is 0 Å². The monoisotopic (exact) mass is 364 g/mol. The molecule has 0 unspecified atom stereocenters. The van der Waals surface area contributed by atoms with Crippen LogP contribution in [-0.4, -0.2) is 5.91 Å². The Kier molecular flexibility index (Phi) is 5.16. The maximum atomic E-state index is 13.0. The number of alkyl halides is 3. The number of rotatable bonds is 3. The molecule has 0 saturated carbocycles.